The zero-order valence-corrected chi connectivity index (χ0v) is 12.0. The van der Waals surface area contributed by atoms with Gasteiger partial charge in [0.15, 0.2) is 0 Å². The third-order valence-corrected chi connectivity index (χ3v) is 4.64. The van der Waals surface area contributed by atoms with Gasteiger partial charge in [0.25, 0.3) is 0 Å². The average Bonchev–Trinajstić information content (AvgIpc) is 2.94. The highest BCUT2D eigenvalue weighted by molar-refractivity contribution is 5.85. The van der Waals surface area contributed by atoms with Crippen molar-refractivity contribution in [3.8, 4) is 0 Å². The summed E-state index contributed by atoms with van der Waals surface area (Å²) in [4.78, 5) is 27.8. The molecule has 1 saturated carbocycles. The van der Waals surface area contributed by atoms with Crippen molar-refractivity contribution in [3.63, 3.8) is 0 Å². The largest absolute Gasteiger partial charge is 0.481 e. The van der Waals surface area contributed by atoms with Crippen LogP contribution in [0, 0.1) is 17.8 Å². The van der Waals surface area contributed by atoms with Crippen molar-refractivity contribution in [2.45, 2.75) is 32.2 Å². The minimum absolute atomic E-state index is 0.0566. The van der Waals surface area contributed by atoms with Crippen LogP contribution in [0.1, 0.15) is 26.2 Å². The topological polar surface area (TPSA) is 60.9 Å². The van der Waals surface area contributed by atoms with Crippen molar-refractivity contribution in [2.24, 2.45) is 17.8 Å². The Kier molecular flexibility index (Phi) is 4.13. The van der Waals surface area contributed by atoms with Gasteiger partial charge < -0.3 is 14.9 Å². The zero-order valence-electron chi connectivity index (χ0n) is 12.0. The number of carboxylic acid groups (broad SMARTS) is 1. The third-order valence-electron chi connectivity index (χ3n) is 4.64. The predicted molar refractivity (Wildman–Crippen MR) is 71.7 cm³/mol. The second-order valence-electron chi connectivity index (χ2n) is 6.32. The normalized spacial score (nSPS) is 35.1. The molecule has 4 atom stereocenters. The van der Waals surface area contributed by atoms with Gasteiger partial charge >= 0.3 is 5.97 Å². The van der Waals surface area contributed by atoms with Crippen molar-refractivity contribution in [1.29, 1.82) is 0 Å². The number of nitrogens with zero attached hydrogens (tertiary/aromatic N) is 2. The molecule has 2 fully saturated rings. The summed E-state index contributed by atoms with van der Waals surface area (Å²) >= 11 is 0. The number of hydrogen-bond acceptors (Lipinski definition) is 3. The van der Waals surface area contributed by atoms with Gasteiger partial charge in [0.2, 0.25) is 5.91 Å². The molecule has 5 heteroatoms. The number of amides is 1. The van der Waals surface area contributed by atoms with E-state index >= 15 is 0 Å². The van der Waals surface area contributed by atoms with Gasteiger partial charge in [-0.1, -0.05) is 6.92 Å². The van der Waals surface area contributed by atoms with Crippen LogP contribution in [0.5, 0.6) is 0 Å². The highest BCUT2D eigenvalue weighted by atomic mass is 16.4. The molecule has 1 saturated heterocycles. The predicted octanol–water partition coefficient (Wildman–Crippen LogP) is 0.896. The smallest absolute Gasteiger partial charge is 0.307 e. The van der Waals surface area contributed by atoms with Gasteiger partial charge in [-0.25, -0.2) is 0 Å². The van der Waals surface area contributed by atoms with Crippen molar-refractivity contribution >= 4 is 11.9 Å². The molecule has 1 aliphatic carbocycles. The lowest BCUT2D eigenvalue weighted by Gasteiger charge is -2.24. The van der Waals surface area contributed by atoms with Gasteiger partial charge in [-0.2, -0.15) is 0 Å². The first-order valence-corrected chi connectivity index (χ1v) is 7.08. The van der Waals surface area contributed by atoms with Crippen molar-refractivity contribution in [3.05, 3.63) is 0 Å². The summed E-state index contributed by atoms with van der Waals surface area (Å²) in [6.45, 7) is 3.54. The summed E-state index contributed by atoms with van der Waals surface area (Å²) in [6, 6.07) is 0.408. The first-order valence-electron chi connectivity index (χ1n) is 7.08. The molecule has 19 heavy (non-hydrogen) atoms. The van der Waals surface area contributed by atoms with E-state index in [0.717, 1.165) is 25.9 Å². The maximum Gasteiger partial charge on any atom is 0.307 e. The van der Waals surface area contributed by atoms with E-state index in [4.69, 9.17) is 0 Å². The Balaban J connectivity index is 2.01. The Hall–Kier alpha value is -1.10. The quantitative estimate of drug-likeness (QED) is 0.826. The van der Waals surface area contributed by atoms with Gasteiger partial charge in [-0.05, 0) is 39.3 Å². The Morgan fingerprint density at radius 3 is 2.37 bits per heavy atom. The molecule has 5 nitrogen and oxygen atoms in total. The molecule has 1 N–H and O–H groups in total. The number of likely N-dealkylation sites (tertiary alicyclic amines) is 1. The Labute approximate surface area is 114 Å². The van der Waals surface area contributed by atoms with Crippen LogP contribution in [0.3, 0.4) is 0 Å². The number of hydrogen-bond donors (Lipinski definition) is 1. The van der Waals surface area contributed by atoms with Crippen LogP contribution in [0.25, 0.3) is 0 Å². The van der Waals surface area contributed by atoms with Gasteiger partial charge in [-0.3, -0.25) is 9.59 Å². The lowest BCUT2D eigenvalue weighted by molar-refractivity contribution is -0.148. The second-order valence-corrected chi connectivity index (χ2v) is 6.32. The molecule has 108 valence electrons. The van der Waals surface area contributed by atoms with Crippen molar-refractivity contribution < 1.29 is 14.7 Å². The summed E-state index contributed by atoms with van der Waals surface area (Å²) in [7, 11) is 4.05. The van der Waals surface area contributed by atoms with E-state index in [2.05, 4.69) is 4.90 Å². The molecule has 2 aliphatic rings. The summed E-state index contributed by atoms with van der Waals surface area (Å²) < 4.78 is 0. The molecule has 0 aromatic carbocycles. The van der Waals surface area contributed by atoms with E-state index in [1.165, 1.54) is 0 Å². The summed E-state index contributed by atoms with van der Waals surface area (Å²) in [6.07, 6.45) is 2.34. The van der Waals surface area contributed by atoms with Gasteiger partial charge in [0.05, 0.1) is 11.8 Å². The number of likely N-dealkylation sites (N-methyl/N-ethyl adjacent to an activating group) is 1. The first kappa shape index (κ1) is 14.3. The maximum atomic E-state index is 12.5. The van der Waals surface area contributed by atoms with Crippen molar-refractivity contribution in [1.82, 2.24) is 9.80 Å². The van der Waals surface area contributed by atoms with Gasteiger partial charge in [0, 0.05) is 19.1 Å². The Morgan fingerprint density at radius 2 is 1.84 bits per heavy atom. The Morgan fingerprint density at radius 1 is 1.21 bits per heavy atom. The van der Waals surface area contributed by atoms with E-state index in [1.807, 2.05) is 25.9 Å². The lowest BCUT2D eigenvalue weighted by atomic mass is 9.95. The molecule has 0 bridgehead atoms. The molecule has 1 heterocycles. The van der Waals surface area contributed by atoms with Gasteiger partial charge in [0.1, 0.15) is 0 Å². The summed E-state index contributed by atoms with van der Waals surface area (Å²) in [5.41, 5.74) is 0. The van der Waals surface area contributed by atoms with E-state index in [1.54, 1.807) is 0 Å². The average molecular weight is 268 g/mol. The molecule has 1 aliphatic heterocycles. The maximum absolute atomic E-state index is 12.5. The van der Waals surface area contributed by atoms with Crippen LogP contribution in [0.15, 0.2) is 0 Å². The van der Waals surface area contributed by atoms with Gasteiger partial charge in [-0.15, -0.1) is 0 Å². The molecule has 0 radical (unpaired) electrons. The van der Waals surface area contributed by atoms with Crippen LogP contribution < -0.4 is 0 Å². The van der Waals surface area contributed by atoms with Crippen LogP contribution >= 0.6 is 0 Å². The fourth-order valence-electron chi connectivity index (χ4n) is 3.44. The number of carbonyl (C=O) groups is 2. The molecule has 0 aromatic rings. The molecular formula is C14H24N2O3. The molecule has 1 amide bonds. The Bertz CT molecular complexity index is 370. The van der Waals surface area contributed by atoms with Crippen LogP contribution in [0.4, 0.5) is 0 Å². The minimum Gasteiger partial charge on any atom is -0.481 e. The molecule has 0 spiro atoms. The molecule has 4 unspecified atom stereocenters. The highest BCUT2D eigenvalue weighted by Crippen LogP contribution is 2.38. The van der Waals surface area contributed by atoms with E-state index in [0.29, 0.717) is 18.4 Å². The third kappa shape index (κ3) is 2.91. The first-order chi connectivity index (χ1) is 8.90. The zero-order chi connectivity index (χ0) is 14.2. The van der Waals surface area contributed by atoms with E-state index in [-0.39, 0.29) is 11.8 Å². The van der Waals surface area contributed by atoms with E-state index in [9.17, 15) is 14.7 Å². The van der Waals surface area contributed by atoms with E-state index < -0.39 is 11.9 Å². The number of carboxylic acids is 1. The van der Waals surface area contributed by atoms with Crippen LogP contribution in [-0.2, 0) is 9.59 Å². The SMILES string of the molecule is CC1CC(C(=O)O)C(C(=O)N2CCC(N(C)C)C2)C1. The lowest BCUT2D eigenvalue weighted by Crippen LogP contribution is -2.40. The van der Waals surface area contributed by atoms with Crippen molar-refractivity contribution in [2.75, 3.05) is 27.2 Å². The summed E-state index contributed by atoms with van der Waals surface area (Å²) in [5, 5.41) is 9.25. The molecule has 2 rings (SSSR count). The monoisotopic (exact) mass is 268 g/mol. The summed E-state index contributed by atoms with van der Waals surface area (Å²) in [5.74, 6) is -1.22. The minimum atomic E-state index is -0.814. The van der Waals surface area contributed by atoms with Crippen LogP contribution in [0.2, 0.25) is 0 Å². The second kappa shape index (κ2) is 5.49. The highest BCUT2D eigenvalue weighted by Gasteiger charge is 2.44. The molecular weight excluding hydrogens is 244 g/mol. The standard InChI is InChI=1S/C14H24N2O3/c1-9-6-11(12(7-9)14(18)19)13(17)16-5-4-10(8-16)15(2)3/h9-12H,4-8H2,1-3H3,(H,18,19). The molecule has 0 aromatic heterocycles. The fraction of sp³-hybridized carbons (Fsp3) is 0.857. The number of carbonyl (C=O) groups excluding carboxylic acids is 1. The van der Waals surface area contributed by atoms with Crippen LogP contribution in [-0.4, -0.2) is 60.0 Å². The fourth-order valence-corrected chi connectivity index (χ4v) is 3.44. The number of rotatable bonds is 3. The number of aliphatic carboxylic acids is 1.